The Morgan fingerprint density at radius 1 is 0.826 bits per heavy atom. The van der Waals surface area contributed by atoms with Gasteiger partial charge in [-0.1, -0.05) is 0 Å². The topological polar surface area (TPSA) is 114 Å². The number of esters is 4. The quantitative estimate of drug-likeness (QED) is 0.424. The number of carbonyl (C=O) groups is 4. The number of carbonyl (C=O) groups excluding carboxylic acids is 4. The van der Waals surface area contributed by atoms with E-state index in [1.807, 2.05) is 0 Å². The molecule has 132 valence electrons. The standard InChI is InChI=1S/C14H22O9/c1-8(15)20-6-12(19-5)14(23-11(4)18)13(22-10(3)17)7-21-9(2)16/h12-14H,6-7H2,1-5H3/t12-,13-,14+/m0/s1/i6D/t6?,12-,13-,14+. The molecule has 0 spiro atoms. The lowest BCUT2D eigenvalue weighted by atomic mass is 10.1. The molecule has 0 amide bonds. The molecule has 0 N–H and O–H groups in total. The third-order valence-electron chi connectivity index (χ3n) is 2.40. The van der Waals surface area contributed by atoms with Crippen molar-refractivity contribution in [3.05, 3.63) is 0 Å². The van der Waals surface area contributed by atoms with Crippen LogP contribution in [-0.4, -0.2) is 62.5 Å². The summed E-state index contributed by atoms with van der Waals surface area (Å²) in [6.45, 7) is 2.45. The van der Waals surface area contributed by atoms with Crippen molar-refractivity contribution in [2.45, 2.75) is 46.0 Å². The Bertz CT molecular complexity index is 465. The molecular weight excluding hydrogens is 312 g/mol. The molecule has 0 aromatic rings. The number of hydrogen-bond donors (Lipinski definition) is 0. The van der Waals surface area contributed by atoms with Crippen molar-refractivity contribution in [2.24, 2.45) is 0 Å². The third-order valence-corrected chi connectivity index (χ3v) is 2.40. The summed E-state index contributed by atoms with van der Waals surface area (Å²) in [5, 5.41) is 0. The first-order valence-corrected chi connectivity index (χ1v) is 6.68. The zero-order valence-corrected chi connectivity index (χ0v) is 13.7. The zero-order valence-electron chi connectivity index (χ0n) is 14.7. The first-order chi connectivity index (χ1) is 11.1. The highest BCUT2D eigenvalue weighted by Gasteiger charge is 2.36. The molecule has 1 unspecified atom stereocenters. The molecule has 4 atom stereocenters. The van der Waals surface area contributed by atoms with Crippen LogP contribution in [0.4, 0.5) is 0 Å². The number of rotatable bonds is 9. The predicted molar refractivity (Wildman–Crippen MR) is 75.2 cm³/mol. The molecule has 0 aromatic carbocycles. The summed E-state index contributed by atoms with van der Waals surface area (Å²) in [6.07, 6.45) is -3.86. The van der Waals surface area contributed by atoms with Gasteiger partial charge in [0.15, 0.2) is 12.2 Å². The second-order valence-corrected chi connectivity index (χ2v) is 4.47. The molecule has 0 saturated carbocycles. The maximum absolute atomic E-state index is 11.4. The lowest BCUT2D eigenvalue weighted by Crippen LogP contribution is -2.48. The number of ether oxygens (including phenoxy) is 5. The minimum atomic E-state index is -1.56. The summed E-state index contributed by atoms with van der Waals surface area (Å²) < 4.78 is 32.5. The van der Waals surface area contributed by atoms with Gasteiger partial charge in [-0.2, -0.15) is 0 Å². The van der Waals surface area contributed by atoms with Crippen molar-refractivity contribution >= 4 is 23.9 Å². The smallest absolute Gasteiger partial charge is 0.303 e. The van der Waals surface area contributed by atoms with E-state index in [1.54, 1.807) is 0 Å². The summed E-state index contributed by atoms with van der Waals surface area (Å²) in [6, 6.07) is 0. The van der Waals surface area contributed by atoms with E-state index >= 15 is 0 Å². The van der Waals surface area contributed by atoms with Crippen LogP contribution >= 0.6 is 0 Å². The van der Waals surface area contributed by atoms with E-state index in [2.05, 4.69) is 0 Å². The molecule has 0 fully saturated rings. The van der Waals surface area contributed by atoms with E-state index < -0.39 is 55.4 Å². The van der Waals surface area contributed by atoms with E-state index in [1.165, 1.54) is 7.11 Å². The Hall–Kier alpha value is -2.16. The minimum absolute atomic E-state index is 0.431. The van der Waals surface area contributed by atoms with Crippen LogP contribution in [0.1, 0.15) is 29.1 Å². The second-order valence-electron chi connectivity index (χ2n) is 4.47. The van der Waals surface area contributed by atoms with Crippen molar-refractivity contribution in [1.29, 1.82) is 0 Å². The Morgan fingerprint density at radius 2 is 1.35 bits per heavy atom. The predicted octanol–water partition coefficient (Wildman–Crippen LogP) is -0.00900. The van der Waals surface area contributed by atoms with E-state index in [0.717, 1.165) is 27.7 Å². The van der Waals surface area contributed by atoms with Gasteiger partial charge in [0.05, 0.1) is 1.37 Å². The summed E-state index contributed by atoms with van der Waals surface area (Å²) in [5.41, 5.74) is 0. The first-order valence-electron chi connectivity index (χ1n) is 7.26. The maximum Gasteiger partial charge on any atom is 0.303 e. The van der Waals surface area contributed by atoms with Gasteiger partial charge in [-0.3, -0.25) is 19.2 Å². The van der Waals surface area contributed by atoms with Crippen molar-refractivity contribution in [2.75, 3.05) is 20.3 Å². The van der Waals surface area contributed by atoms with E-state index in [4.69, 9.17) is 25.1 Å². The molecule has 9 heteroatoms. The largest absolute Gasteiger partial charge is 0.463 e. The van der Waals surface area contributed by atoms with Crippen LogP contribution in [0.2, 0.25) is 0 Å². The molecule has 0 saturated heterocycles. The molecule has 0 aliphatic carbocycles. The molecule has 23 heavy (non-hydrogen) atoms. The van der Waals surface area contributed by atoms with Gasteiger partial charge in [-0.15, -0.1) is 0 Å². The minimum Gasteiger partial charge on any atom is -0.463 e. The van der Waals surface area contributed by atoms with Gasteiger partial charge in [-0.05, 0) is 0 Å². The van der Waals surface area contributed by atoms with E-state index in [-0.39, 0.29) is 0 Å². The summed E-state index contributed by atoms with van der Waals surface area (Å²) in [7, 11) is 1.20. The molecular formula is C14H22O9. The Morgan fingerprint density at radius 3 is 1.74 bits per heavy atom. The lowest BCUT2D eigenvalue weighted by molar-refractivity contribution is -0.188. The van der Waals surface area contributed by atoms with Gasteiger partial charge >= 0.3 is 23.9 Å². The zero-order chi connectivity index (χ0) is 18.9. The highest BCUT2D eigenvalue weighted by Crippen LogP contribution is 2.15. The average molecular weight is 335 g/mol. The van der Waals surface area contributed by atoms with E-state index in [0.29, 0.717) is 0 Å². The SMILES string of the molecule is [2H]C(OC(C)=O)[C@H](OC)[C@@H](OC(C)=O)[C@H](COC(C)=O)OC(C)=O. The van der Waals surface area contributed by atoms with E-state index in [9.17, 15) is 19.2 Å². The fraction of sp³-hybridized carbons (Fsp3) is 0.714. The Balaban J connectivity index is 5.50. The average Bonchev–Trinajstić information content (AvgIpc) is 2.41. The molecule has 0 aliphatic heterocycles. The van der Waals surface area contributed by atoms with Crippen LogP contribution in [0.5, 0.6) is 0 Å². The van der Waals surface area contributed by atoms with Gasteiger partial charge < -0.3 is 23.7 Å². The van der Waals surface area contributed by atoms with Crippen LogP contribution in [0.15, 0.2) is 0 Å². The highest BCUT2D eigenvalue weighted by molar-refractivity contribution is 5.68. The number of methoxy groups -OCH3 is 1. The summed E-state index contributed by atoms with van der Waals surface area (Å²) in [5.74, 6) is -2.88. The highest BCUT2D eigenvalue weighted by atomic mass is 16.6. The van der Waals surface area contributed by atoms with Crippen molar-refractivity contribution in [3.8, 4) is 0 Å². The molecule has 0 bridgehead atoms. The molecule has 0 heterocycles. The summed E-state index contributed by atoms with van der Waals surface area (Å²) >= 11 is 0. The van der Waals surface area contributed by atoms with Crippen LogP contribution in [0.3, 0.4) is 0 Å². The normalized spacial score (nSPS) is 16.1. The lowest BCUT2D eigenvalue weighted by Gasteiger charge is -2.30. The van der Waals surface area contributed by atoms with Crippen LogP contribution < -0.4 is 0 Å². The molecule has 0 aromatic heterocycles. The van der Waals surface area contributed by atoms with Gasteiger partial charge in [0.1, 0.15) is 19.3 Å². The fourth-order valence-corrected chi connectivity index (χ4v) is 1.58. The first kappa shape index (κ1) is 18.9. The monoisotopic (exact) mass is 335 g/mol. The van der Waals surface area contributed by atoms with Gasteiger partial charge in [-0.25, -0.2) is 0 Å². The maximum atomic E-state index is 11.4. The van der Waals surface area contributed by atoms with Gasteiger partial charge in [0.2, 0.25) is 0 Å². The van der Waals surface area contributed by atoms with Crippen LogP contribution in [0, 0.1) is 0 Å². The van der Waals surface area contributed by atoms with Crippen LogP contribution in [0.25, 0.3) is 0 Å². The number of hydrogen-bond acceptors (Lipinski definition) is 9. The van der Waals surface area contributed by atoms with Gasteiger partial charge in [0, 0.05) is 34.8 Å². The molecule has 0 aliphatic rings. The molecule has 9 nitrogen and oxygen atoms in total. The van der Waals surface area contributed by atoms with Crippen LogP contribution in [-0.2, 0) is 42.9 Å². The Kier molecular flexibility index (Phi) is 8.66. The van der Waals surface area contributed by atoms with Crippen molar-refractivity contribution in [1.82, 2.24) is 0 Å². The molecule has 0 rings (SSSR count). The third kappa shape index (κ3) is 9.46. The van der Waals surface area contributed by atoms with Gasteiger partial charge in [0.25, 0.3) is 0 Å². The second kappa shape index (κ2) is 10.5. The Labute approximate surface area is 135 Å². The summed E-state index contributed by atoms with van der Waals surface area (Å²) in [4.78, 5) is 44.6. The fourth-order valence-electron chi connectivity index (χ4n) is 1.58. The van der Waals surface area contributed by atoms with Crippen molar-refractivity contribution in [3.63, 3.8) is 0 Å². The van der Waals surface area contributed by atoms with Crippen molar-refractivity contribution < 1.29 is 44.2 Å². The molecule has 0 radical (unpaired) electrons.